The fourth-order valence-electron chi connectivity index (χ4n) is 2.23. The predicted octanol–water partition coefficient (Wildman–Crippen LogP) is 4.84. The number of carbonyl (C=O) groups is 2. The van der Waals surface area contributed by atoms with E-state index in [4.69, 9.17) is 4.84 Å². The second-order valence-corrected chi connectivity index (χ2v) is 5.85. The minimum absolute atomic E-state index is 0.133. The molecule has 3 aromatic carbocycles. The van der Waals surface area contributed by atoms with Gasteiger partial charge in [-0.15, -0.1) is 10.2 Å². The van der Waals surface area contributed by atoms with Crippen LogP contribution in [0, 0.1) is 15.9 Å². The van der Waals surface area contributed by atoms with Gasteiger partial charge in [-0.2, -0.15) is 0 Å². The number of nitrogens with one attached hydrogen (secondary N) is 1. The Balaban J connectivity index is 1.55. The van der Waals surface area contributed by atoms with Crippen molar-refractivity contribution >= 4 is 28.9 Å². The zero-order chi connectivity index (χ0) is 21.5. The van der Waals surface area contributed by atoms with E-state index in [1.54, 1.807) is 12.1 Å². The van der Waals surface area contributed by atoms with Crippen molar-refractivity contribution in [2.24, 2.45) is 10.2 Å². The largest absolute Gasteiger partial charge is 0.362 e. The summed E-state index contributed by atoms with van der Waals surface area (Å²) in [5.41, 5.74) is 3.46. The summed E-state index contributed by atoms with van der Waals surface area (Å²) >= 11 is 0. The highest BCUT2D eigenvalue weighted by atomic mass is 19.1. The molecule has 0 unspecified atom stereocenters. The number of anilines is 1. The third-order valence-electron chi connectivity index (χ3n) is 3.79. The monoisotopic (exact) mass is 408 g/mol. The van der Waals surface area contributed by atoms with E-state index in [1.165, 1.54) is 48.5 Å². The van der Waals surface area contributed by atoms with Gasteiger partial charge in [0.25, 0.3) is 11.6 Å². The molecule has 0 saturated heterocycles. The lowest BCUT2D eigenvalue weighted by Gasteiger charge is -2.06. The first-order valence-corrected chi connectivity index (χ1v) is 8.46. The van der Waals surface area contributed by atoms with Gasteiger partial charge < -0.3 is 4.84 Å². The summed E-state index contributed by atoms with van der Waals surface area (Å²) < 4.78 is 12.9. The Hall–Kier alpha value is -4.47. The maximum absolute atomic E-state index is 12.9. The van der Waals surface area contributed by atoms with Gasteiger partial charge in [0.1, 0.15) is 5.82 Å². The van der Waals surface area contributed by atoms with E-state index in [0.717, 1.165) is 12.1 Å². The van der Waals surface area contributed by atoms with Crippen molar-refractivity contribution < 1.29 is 23.7 Å². The molecule has 30 heavy (non-hydrogen) atoms. The Morgan fingerprint density at radius 1 is 0.900 bits per heavy atom. The summed E-state index contributed by atoms with van der Waals surface area (Å²) in [6, 6.07) is 16.0. The molecule has 3 rings (SSSR count). The first-order chi connectivity index (χ1) is 14.4. The number of nitrogens with zero attached hydrogens (tertiary/aromatic N) is 3. The van der Waals surface area contributed by atoms with E-state index in [-0.39, 0.29) is 16.8 Å². The molecule has 1 amide bonds. The molecule has 0 radical (unpaired) electrons. The Morgan fingerprint density at radius 3 is 2.10 bits per heavy atom. The number of benzene rings is 3. The SMILES string of the molecule is O=C(N=Nc1ccc(NOC(=O)c2ccc(F)cc2)cc1)c1ccc([N+](=O)[O-])cc1. The van der Waals surface area contributed by atoms with Crippen molar-refractivity contribution in [3.05, 3.63) is 99.9 Å². The predicted molar refractivity (Wildman–Crippen MR) is 104 cm³/mol. The lowest BCUT2D eigenvalue weighted by molar-refractivity contribution is -0.384. The maximum Gasteiger partial charge on any atom is 0.362 e. The second kappa shape index (κ2) is 9.15. The molecule has 0 saturated carbocycles. The average Bonchev–Trinajstić information content (AvgIpc) is 2.77. The molecule has 0 aliphatic rings. The van der Waals surface area contributed by atoms with E-state index >= 15 is 0 Å². The van der Waals surface area contributed by atoms with Crippen LogP contribution in [0.5, 0.6) is 0 Å². The average molecular weight is 408 g/mol. The molecule has 9 nitrogen and oxygen atoms in total. The number of azo groups is 1. The lowest BCUT2D eigenvalue weighted by Crippen LogP contribution is -2.10. The Bertz CT molecular complexity index is 1100. The number of nitro groups is 1. The molecule has 10 heteroatoms. The first kappa shape index (κ1) is 20.3. The molecule has 0 aromatic heterocycles. The van der Waals surface area contributed by atoms with E-state index in [9.17, 15) is 24.1 Å². The van der Waals surface area contributed by atoms with Crippen molar-refractivity contribution in [1.82, 2.24) is 0 Å². The van der Waals surface area contributed by atoms with Crippen LogP contribution in [0.4, 0.5) is 21.5 Å². The van der Waals surface area contributed by atoms with Crippen LogP contribution in [-0.2, 0) is 4.84 Å². The Labute approximate surface area is 168 Å². The molecule has 1 N–H and O–H groups in total. The van der Waals surface area contributed by atoms with Crippen LogP contribution in [0.15, 0.2) is 83.0 Å². The number of halogens is 1. The summed E-state index contributed by atoms with van der Waals surface area (Å²) in [5, 5.41) is 18.0. The highest BCUT2D eigenvalue weighted by Crippen LogP contribution is 2.18. The highest BCUT2D eigenvalue weighted by molar-refractivity contribution is 5.94. The normalized spacial score (nSPS) is 10.6. The maximum atomic E-state index is 12.9. The number of amides is 1. The van der Waals surface area contributed by atoms with E-state index in [2.05, 4.69) is 15.7 Å². The fourth-order valence-corrected chi connectivity index (χ4v) is 2.23. The van der Waals surface area contributed by atoms with Crippen LogP contribution < -0.4 is 5.48 Å². The van der Waals surface area contributed by atoms with Crippen LogP contribution in [0.1, 0.15) is 20.7 Å². The van der Waals surface area contributed by atoms with E-state index in [1.807, 2.05) is 0 Å². The van der Waals surface area contributed by atoms with Gasteiger partial charge in [0.2, 0.25) is 0 Å². The third kappa shape index (κ3) is 5.29. The minimum Gasteiger partial charge on any atom is -0.338 e. The Kier molecular flexibility index (Phi) is 6.18. The van der Waals surface area contributed by atoms with Gasteiger partial charge in [-0.05, 0) is 60.7 Å². The van der Waals surface area contributed by atoms with Crippen LogP contribution in [-0.4, -0.2) is 16.8 Å². The second-order valence-electron chi connectivity index (χ2n) is 5.85. The fraction of sp³-hybridized carbons (Fsp3) is 0. The van der Waals surface area contributed by atoms with Crippen molar-refractivity contribution in [1.29, 1.82) is 0 Å². The summed E-state index contributed by atoms with van der Waals surface area (Å²) in [6.07, 6.45) is 0. The number of hydrogen-bond acceptors (Lipinski definition) is 7. The molecule has 0 fully saturated rings. The molecule has 0 bridgehead atoms. The Morgan fingerprint density at radius 2 is 1.50 bits per heavy atom. The molecular weight excluding hydrogens is 395 g/mol. The summed E-state index contributed by atoms with van der Waals surface area (Å²) in [4.78, 5) is 38.8. The number of rotatable bonds is 6. The quantitative estimate of drug-likeness (QED) is 0.354. The molecule has 150 valence electrons. The molecule has 0 spiro atoms. The van der Waals surface area contributed by atoms with Crippen LogP contribution in [0.25, 0.3) is 0 Å². The summed E-state index contributed by atoms with van der Waals surface area (Å²) in [6.45, 7) is 0. The minimum atomic E-state index is -0.688. The number of nitro benzene ring substituents is 1. The van der Waals surface area contributed by atoms with Crippen molar-refractivity contribution in [3.63, 3.8) is 0 Å². The van der Waals surface area contributed by atoms with Gasteiger partial charge in [-0.3, -0.25) is 14.9 Å². The highest BCUT2D eigenvalue weighted by Gasteiger charge is 2.09. The summed E-state index contributed by atoms with van der Waals surface area (Å²) in [7, 11) is 0. The van der Waals surface area contributed by atoms with Gasteiger partial charge >= 0.3 is 5.97 Å². The van der Waals surface area contributed by atoms with Crippen molar-refractivity contribution in [2.45, 2.75) is 0 Å². The van der Waals surface area contributed by atoms with Crippen molar-refractivity contribution in [2.75, 3.05) is 5.48 Å². The lowest BCUT2D eigenvalue weighted by atomic mass is 10.2. The standard InChI is InChI=1S/C20H13FN4O5/c21-15-5-1-14(2-6-15)20(27)30-24-17-9-7-16(8-10-17)22-23-19(26)13-3-11-18(12-4-13)25(28)29/h1-12,24H. The van der Waals surface area contributed by atoms with E-state index in [0.29, 0.717) is 11.4 Å². The molecule has 0 aliphatic heterocycles. The molecular formula is C20H13FN4O5. The van der Waals surface area contributed by atoms with Gasteiger partial charge in [-0.25, -0.2) is 14.7 Å². The van der Waals surface area contributed by atoms with Crippen LogP contribution in [0.2, 0.25) is 0 Å². The third-order valence-corrected chi connectivity index (χ3v) is 3.79. The topological polar surface area (TPSA) is 123 Å². The first-order valence-electron chi connectivity index (χ1n) is 8.46. The number of hydrogen-bond donors (Lipinski definition) is 1. The smallest absolute Gasteiger partial charge is 0.338 e. The van der Waals surface area contributed by atoms with Gasteiger partial charge in [0, 0.05) is 17.7 Å². The van der Waals surface area contributed by atoms with Gasteiger partial charge in [-0.1, -0.05) is 0 Å². The van der Waals surface area contributed by atoms with Crippen LogP contribution in [0.3, 0.4) is 0 Å². The van der Waals surface area contributed by atoms with Gasteiger partial charge in [0.05, 0.1) is 21.9 Å². The zero-order valence-corrected chi connectivity index (χ0v) is 15.2. The van der Waals surface area contributed by atoms with E-state index < -0.39 is 22.6 Å². The van der Waals surface area contributed by atoms with Gasteiger partial charge in [0.15, 0.2) is 0 Å². The molecule has 0 atom stereocenters. The molecule has 3 aromatic rings. The molecule has 0 aliphatic carbocycles. The zero-order valence-electron chi connectivity index (χ0n) is 15.2. The van der Waals surface area contributed by atoms with Crippen molar-refractivity contribution in [3.8, 4) is 0 Å². The number of carbonyl (C=O) groups excluding carboxylic acids is 2. The summed E-state index contributed by atoms with van der Waals surface area (Å²) in [5.74, 6) is -1.80. The molecule has 0 heterocycles. The number of non-ortho nitro benzene ring substituents is 1. The van der Waals surface area contributed by atoms with Crippen LogP contribution >= 0.6 is 0 Å².